The summed E-state index contributed by atoms with van der Waals surface area (Å²) in [5.41, 5.74) is 2.30. The summed E-state index contributed by atoms with van der Waals surface area (Å²) in [6.45, 7) is 9.49. The molecule has 2 heterocycles. The normalized spacial score (nSPS) is 14.2. The summed E-state index contributed by atoms with van der Waals surface area (Å²) in [6.07, 6.45) is 2.31. The molecule has 0 N–H and O–H groups in total. The highest BCUT2D eigenvalue weighted by Crippen LogP contribution is 2.21. The van der Waals surface area contributed by atoms with Crippen LogP contribution in [0.4, 0.5) is 4.79 Å². The summed E-state index contributed by atoms with van der Waals surface area (Å²) < 4.78 is 1.78. The number of halogens is 1. The first-order valence-electron chi connectivity index (χ1n) is 10.2. The summed E-state index contributed by atoms with van der Waals surface area (Å²) in [7, 11) is 0. The summed E-state index contributed by atoms with van der Waals surface area (Å²) >= 11 is 6.11. The topological polar surface area (TPSA) is 61.7 Å². The first-order chi connectivity index (χ1) is 14.0. The number of urea groups is 1. The van der Waals surface area contributed by atoms with Crippen LogP contribution in [0.25, 0.3) is 5.69 Å². The molecule has 0 bridgehead atoms. The molecule has 0 aliphatic carbocycles. The van der Waals surface area contributed by atoms with Crippen molar-refractivity contribution >= 4 is 23.5 Å². The molecule has 1 aromatic heterocycles. The van der Waals surface area contributed by atoms with Gasteiger partial charge in [-0.15, -0.1) is 0 Å². The van der Waals surface area contributed by atoms with Crippen LogP contribution >= 0.6 is 11.6 Å². The van der Waals surface area contributed by atoms with Crippen LogP contribution in [0, 0.1) is 0 Å². The second-order valence-corrected chi connectivity index (χ2v) is 7.42. The predicted octanol–water partition coefficient (Wildman–Crippen LogP) is 3.31. The smallest absolute Gasteiger partial charge is 0.320 e. The number of benzene rings is 1. The number of amides is 3. The van der Waals surface area contributed by atoms with E-state index in [2.05, 4.69) is 5.10 Å². The Balaban J connectivity index is 1.73. The average molecular weight is 418 g/mol. The first kappa shape index (κ1) is 21.2. The number of hydrogen-bond donors (Lipinski definition) is 0. The zero-order chi connectivity index (χ0) is 21.0. The second kappa shape index (κ2) is 9.31. The molecule has 1 aromatic carbocycles. The lowest BCUT2D eigenvalue weighted by Gasteiger charge is -2.37. The number of hydrogen-bond acceptors (Lipinski definition) is 3. The molecule has 0 radical (unpaired) electrons. The molecule has 8 heteroatoms. The van der Waals surface area contributed by atoms with Crippen LogP contribution in [0.3, 0.4) is 0 Å². The number of piperazine rings is 1. The monoisotopic (exact) mass is 417 g/mol. The van der Waals surface area contributed by atoms with Gasteiger partial charge in [0.25, 0.3) is 5.91 Å². The standard InChI is InChI=1S/C21H28ClN5O2/c1-4-19-18(15-23-27(19)17-9-7-8-16(22)14-17)20(28)25-10-12-26(13-11-25)21(29)24(5-2)6-3/h7-9,14-15H,4-6,10-13H2,1-3H3. The maximum atomic E-state index is 13.1. The van der Waals surface area contributed by atoms with Crippen molar-refractivity contribution in [2.24, 2.45) is 0 Å². The Morgan fingerprint density at radius 1 is 1.07 bits per heavy atom. The second-order valence-electron chi connectivity index (χ2n) is 6.98. The molecule has 3 rings (SSSR count). The van der Waals surface area contributed by atoms with Crippen molar-refractivity contribution in [2.45, 2.75) is 27.2 Å². The molecule has 2 aromatic rings. The minimum atomic E-state index is -0.0370. The van der Waals surface area contributed by atoms with Crippen LogP contribution in [0.5, 0.6) is 0 Å². The number of nitrogens with zero attached hydrogens (tertiary/aromatic N) is 5. The van der Waals surface area contributed by atoms with E-state index in [-0.39, 0.29) is 11.9 Å². The summed E-state index contributed by atoms with van der Waals surface area (Å²) in [5.74, 6) is -0.0370. The molecule has 156 valence electrons. The van der Waals surface area contributed by atoms with Crippen molar-refractivity contribution < 1.29 is 9.59 Å². The van der Waals surface area contributed by atoms with E-state index >= 15 is 0 Å². The van der Waals surface area contributed by atoms with Crippen LogP contribution in [0.1, 0.15) is 36.8 Å². The van der Waals surface area contributed by atoms with E-state index in [1.807, 2.05) is 59.7 Å². The number of aromatic nitrogens is 2. The van der Waals surface area contributed by atoms with E-state index in [4.69, 9.17) is 11.6 Å². The lowest BCUT2D eigenvalue weighted by Crippen LogP contribution is -2.54. The average Bonchev–Trinajstić information content (AvgIpc) is 3.18. The Labute approximate surface area is 176 Å². The van der Waals surface area contributed by atoms with Gasteiger partial charge in [0.05, 0.1) is 23.1 Å². The van der Waals surface area contributed by atoms with Gasteiger partial charge in [0.2, 0.25) is 0 Å². The maximum Gasteiger partial charge on any atom is 0.320 e. The molecule has 29 heavy (non-hydrogen) atoms. The molecule has 0 saturated carbocycles. The molecule has 3 amide bonds. The Kier molecular flexibility index (Phi) is 6.79. The SMILES string of the molecule is CCc1c(C(=O)N2CCN(C(=O)N(CC)CC)CC2)cnn1-c1cccc(Cl)c1. The highest BCUT2D eigenvalue weighted by atomic mass is 35.5. The fourth-order valence-electron chi connectivity index (χ4n) is 3.69. The molecular weight excluding hydrogens is 390 g/mol. The quantitative estimate of drug-likeness (QED) is 0.749. The van der Waals surface area contributed by atoms with Crippen molar-refractivity contribution in [2.75, 3.05) is 39.3 Å². The van der Waals surface area contributed by atoms with Crippen LogP contribution in [0.2, 0.25) is 5.02 Å². The lowest BCUT2D eigenvalue weighted by molar-refractivity contribution is 0.0640. The van der Waals surface area contributed by atoms with E-state index in [0.717, 1.165) is 11.4 Å². The van der Waals surface area contributed by atoms with Gasteiger partial charge in [-0.2, -0.15) is 5.10 Å². The van der Waals surface area contributed by atoms with Crippen molar-refractivity contribution in [1.29, 1.82) is 0 Å². The van der Waals surface area contributed by atoms with Gasteiger partial charge in [-0.05, 0) is 38.5 Å². The molecule has 0 unspecified atom stereocenters. The zero-order valence-corrected chi connectivity index (χ0v) is 18.0. The molecule has 1 aliphatic heterocycles. The van der Waals surface area contributed by atoms with Gasteiger partial charge in [-0.1, -0.05) is 24.6 Å². The Hall–Kier alpha value is -2.54. The molecule has 1 saturated heterocycles. The molecule has 1 fully saturated rings. The van der Waals surface area contributed by atoms with E-state index in [1.165, 1.54) is 0 Å². The van der Waals surface area contributed by atoms with Crippen LogP contribution in [-0.2, 0) is 6.42 Å². The Morgan fingerprint density at radius 3 is 2.31 bits per heavy atom. The number of rotatable bonds is 5. The highest BCUT2D eigenvalue weighted by molar-refractivity contribution is 6.30. The minimum absolute atomic E-state index is 0.0370. The van der Waals surface area contributed by atoms with Gasteiger partial charge >= 0.3 is 6.03 Å². The minimum Gasteiger partial charge on any atom is -0.335 e. The highest BCUT2D eigenvalue weighted by Gasteiger charge is 2.28. The molecule has 0 spiro atoms. The van der Waals surface area contributed by atoms with Gasteiger partial charge in [-0.25, -0.2) is 9.48 Å². The van der Waals surface area contributed by atoms with Gasteiger partial charge in [0.1, 0.15) is 0 Å². The molecule has 1 aliphatic rings. The zero-order valence-electron chi connectivity index (χ0n) is 17.3. The third-order valence-electron chi connectivity index (χ3n) is 5.36. The first-order valence-corrected chi connectivity index (χ1v) is 10.5. The summed E-state index contributed by atoms with van der Waals surface area (Å²) in [5, 5.41) is 5.07. The Bertz CT molecular complexity index is 870. The molecular formula is C21H28ClN5O2. The van der Waals surface area contributed by atoms with Crippen molar-refractivity contribution in [3.8, 4) is 5.69 Å². The van der Waals surface area contributed by atoms with Gasteiger partial charge in [-0.3, -0.25) is 4.79 Å². The fraction of sp³-hybridized carbons (Fsp3) is 0.476. The number of carbonyl (C=O) groups is 2. The van der Waals surface area contributed by atoms with Gasteiger partial charge in [0, 0.05) is 44.3 Å². The van der Waals surface area contributed by atoms with E-state index < -0.39 is 0 Å². The van der Waals surface area contributed by atoms with Crippen molar-refractivity contribution in [3.63, 3.8) is 0 Å². The summed E-state index contributed by atoms with van der Waals surface area (Å²) in [6, 6.07) is 7.48. The Morgan fingerprint density at radius 2 is 1.72 bits per heavy atom. The van der Waals surface area contributed by atoms with Gasteiger partial charge < -0.3 is 14.7 Å². The van der Waals surface area contributed by atoms with Crippen LogP contribution in [0.15, 0.2) is 30.5 Å². The van der Waals surface area contributed by atoms with E-state index in [9.17, 15) is 9.59 Å². The maximum absolute atomic E-state index is 13.1. The fourth-order valence-corrected chi connectivity index (χ4v) is 3.87. The van der Waals surface area contributed by atoms with E-state index in [0.29, 0.717) is 56.3 Å². The lowest BCUT2D eigenvalue weighted by atomic mass is 10.1. The van der Waals surface area contributed by atoms with E-state index in [1.54, 1.807) is 10.9 Å². The largest absolute Gasteiger partial charge is 0.335 e. The third-order valence-corrected chi connectivity index (χ3v) is 5.59. The summed E-state index contributed by atoms with van der Waals surface area (Å²) in [4.78, 5) is 31.1. The predicted molar refractivity (Wildman–Crippen MR) is 114 cm³/mol. The van der Waals surface area contributed by atoms with Crippen LogP contribution < -0.4 is 0 Å². The van der Waals surface area contributed by atoms with Gasteiger partial charge in [0.15, 0.2) is 0 Å². The van der Waals surface area contributed by atoms with Crippen molar-refractivity contribution in [3.05, 3.63) is 46.7 Å². The van der Waals surface area contributed by atoms with Crippen LogP contribution in [-0.4, -0.2) is 75.7 Å². The van der Waals surface area contributed by atoms with Crippen molar-refractivity contribution in [1.82, 2.24) is 24.5 Å². The molecule has 7 nitrogen and oxygen atoms in total. The third kappa shape index (κ3) is 4.40. The molecule has 0 atom stereocenters. The number of carbonyl (C=O) groups excluding carboxylic acids is 2.